The minimum absolute atomic E-state index is 0.0273. The molecule has 0 radical (unpaired) electrons. The molecule has 1 N–H and O–H groups in total. The van der Waals surface area contributed by atoms with E-state index in [1.165, 1.54) is 49.5 Å². The fraction of sp³-hybridized carbons (Fsp3) is 0.231. The molecule has 1 amide bonds. The van der Waals surface area contributed by atoms with E-state index in [0.717, 1.165) is 23.6 Å². The number of methoxy groups -OCH3 is 1. The van der Waals surface area contributed by atoms with E-state index in [0.29, 0.717) is 17.1 Å². The van der Waals surface area contributed by atoms with Crippen molar-refractivity contribution < 1.29 is 27.5 Å². The van der Waals surface area contributed by atoms with Gasteiger partial charge in [-0.15, -0.1) is 0 Å². The number of fused-ring (bicyclic) bond motifs is 1. The number of rotatable bonds is 8. The van der Waals surface area contributed by atoms with E-state index in [2.05, 4.69) is 5.32 Å². The molecule has 3 aromatic carbocycles. The quantitative estimate of drug-likeness (QED) is 0.478. The minimum atomic E-state index is -3.94. The third-order valence-corrected chi connectivity index (χ3v) is 7.66. The molecule has 0 aromatic heterocycles. The second kappa shape index (κ2) is 10.2. The zero-order valence-electron chi connectivity index (χ0n) is 19.5. The van der Waals surface area contributed by atoms with Crippen LogP contribution in [-0.2, 0) is 32.4 Å². The molecule has 0 fully saturated rings. The molecule has 35 heavy (non-hydrogen) atoms. The van der Waals surface area contributed by atoms with Crippen LogP contribution in [-0.4, -0.2) is 41.1 Å². The number of aryl methyl sites for hydroxylation is 2. The molecule has 0 atom stereocenters. The van der Waals surface area contributed by atoms with Crippen molar-refractivity contribution in [1.29, 1.82) is 0 Å². The number of nitrogens with zero attached hydrogens (tertiary/aromatic N) is 1. The average Bonchev–Trinajstić information content (AvgIpc) is 3.35. The molecule has 0 heterocycles. The van der Waals surface area contributed by atoms with Crippen LogP contribution >= 0.6 is 0 Å². The molecule has 0 spiro atoms. The van der Waals surface area contributed by atoms with Crippen LogP contribution in [0.1, 0.15) is 27.9 Å². The fourth-order valence-corrected chi connectivity index (χ4v) is 5.18. The highest BCUT2D eigenvalue weighted by molar-refractivity contribution is 7.92. The highest BCUT2D eigenvalue weighted by Crippen LogP contribution is 2.26. The highest BCUT2D eigenvalue weighted by Gasteiger charge is 2.23. The van der Waals surface area contributed by atoms with Crippen molar-refractivity contribution in [3.05, 3.63) is 83.4 Å². The predicted molar refractivity (Wildman–Crippen MR) is 132 cm³/mol. The van der Waals surface area contributed by atoms with Gasteiger partial charge in [0.1, 0.15) is 5.75 Å². The third-order valence-electron chi connectivity index (χ3n) is 5.88. The maximum Gasteiger partial charge on any atom is 0.338 e. The Morgan fingerprint density at radius 2 is 1.71 bits per heavy atom. The van der Waals surface area contributed by atoms with Gasteiger partial charge in [0.2, 0.25) is 0 Å². The summed E-state index contributed by atoms with van der Waals surface area (Å²) < 4.78 is 37.5. The lowest BCUT2D eigenvalue weighted by molar-refractivity contribution is -0.119. The molecule has 8 nitrogen and oxygen atoms in total. The molecule has 0 unspecified atom stereocenters. The summed E-state index contributed by atoms with van der Waals surface area (Å²) in [5.41, 5.74) is 3.63. The Bertz CT molecular complexity index is 1350. The summed E-state index contributed by atoms with van der Waals surface area (Å²) in [7, 11) is -0.993. The molecule has 0 aliphatic heterocycles. The van der Waals surface area contributed by atoms with Gasteiger partial charge in [0.15, 0.2) is 6.61 Å². The van der Waals surface area contributed by atoms with Crippen molar-refractivity contribution in [1.82, 2.24) is 0 Å². The lowest BCUT2D eigenvalue weighted by Gasteiger charge is -2.20. The number of amides is 1. The lowest BCUT2D eigenvalue weighted by Crippen LogP contribution is -2.27. The zero-order valence-corrected chi connectivity index (χ0v) is 20.3. The summed E-state index contributed by atoms with van der Waals surface area (Å²) in [6, 6.07) is 17.8. The van der Waals surface area contributed by atoms with Gasteiger partial charge >= 0.3 is 5.97 Å². The van der Waals surface area contributed by atoms with Crippen molar-refractivity contribution in [3.8, 4) is 5.75 Å². The van der Waals surface area contributed by atoms with Crippen LogP contribution in [0.3, 0.4) is 0 Å². The minimum Gasteiger partial charge on any atom is -0.497 e. The van der Waals surface area contributed by atoms with Gasteiger partial charge in [0.05, 0.1) is 23.3 Å². The molecule has 4 rings (SSSR count). The molecule has 3 aromatic rings. The van der Waals surface area contributed by atoms with Crippen molar-refractivity contribution in [2.24, 2.45) is 0 Å². The highest BCUT2D eigenvalue weighted by atomic mass is 32.2. The number of hydrogen-bond donors (Lipinski definition) is 1. The number of esters is 1. The zero-order chi connectivity index (χ0) is 25.0. The van der Waals surface area contributed by atoms with E-state index >= 15 is 0 Å². The number of ether oxygens (including phenoxy) is 2. The Morgan fingerprint density at radius 1 is 0.971 bits per heavy atom. The van der Waals surface area contributed by atoms with E-state index in [1.807, 2.05) is 18.2 Å². The summed E-state index contributed by atoms with van der Waals surface area (Å²) >= 11 is 0. The first-order chi connectivity index (χ1) is 16.8. The second-order valence-corrected chi connectivity index (χ2v) is 10.1. The van der Waals surface area contributed by atoms with E-state index in [-0.39, 0.29) is 10.5 Å². The van der Waals surface area contributed by atoms with Crippen LogP contribution < -0.4 is 14.4 Å². The Balaban J connectivity index is 1.40. The Morgan fingerprint density at radius 3 is 2.46 bits per heavy atom. The molecule has 1 aliphatic rings. The van der Waals surface area contributed by atoms with Gasteiger partial charge in [0.25, 0.3) is 15.9 Å². The molecule has 0 saturated heterocycles. The molecule has 9 heteroatoms. The third kappa shape index (κ3) is 5.46. The van der Waals surface area contributed by atoms with Gasteiger partial charge in [-0.3, -0.25) is 9.10 Å². The Labute approximate surface area is 204 Å². The van der Waals surface area contributed by atoms with Gasteiger partial charge in [-0.05, 0) is 85.0 Å². The van der Waals surface area contributed by atoms with Crippen LogP contribution in [0.25, 0.3) is 0 Å². The first-order valence-corrected chi connectivity index (χ1v) is 12.5. The first kappa shape index (κ1) is 24.3. The largest absolute Gasteiger partial charge is 0.497 e. The SMILES string of the molecule is COc1ccc(N(C)S(=O)(=O)c2cccc(C(=O)OCC(=O)Nc3ccc4c(c3)CCC4)c2)cc1. The Hall–Kier alpha value is -3.85. The maximum absolute atomic E-state index is 13.1. The number of carbonyl (C=O) groups excluding carboxylic acids is 2. The molecule has 0 bridgehead atoms. The van der Waals surface area contributed by atoms with Crippen molar-refractivity contribution in [2.45, 2.75) is 24.2 Å². The van der Waals surface area contributed by atoms with Crippen LogP contribution in [0.2, 0.25) is 0 Å². The number of nitrogens with one attached hydrogen (secondary N) is 1. The number of sulfonamides is 1. The summed E-state index contributed by atoms with van der Waals surface area (Å²) in [6.45, 7) is -0.487. The topological polar surface area (TPSA) is 102 Å². The number of benzene rings is 3. The van der Waals surface area contributed by atoms with E-state index in [9.17, 15) is 18.0 Å². The van der Waals surface area contributed by atoms with Crippen LogP contribution in [0, 0.1) is 0 Å². The predicted octanol–water partition coefficient (Wildman–Crippen LogP) is 3.80. The van der Waals surface area contributed by atoms with Gasteiger partial charge in [-0.25, -0.2) is 13.2 Å². The summed E-state index contributed by atoms with van der Waals surface area (Å²) in [5, 5.41) is 2.73. The summed E-state index contributed by atoms with van der Waals surface area (Å²) in [5.74, 6) is -0.665. The van der Waals surface area contributed by atoms with Crippen molar-refractivity contribution in [3.63, 3.8) is 0 Å². The standard InChI is InChI=1S/C26H26N2O6S/c1-28(22-11-13-23(33-2)14-12-22)35(31,32)24-8-4-7-20(16-24)26(30)34-17-25(29)27-21-10-9-18-5-3-6-19(18)15-21/h4,7-16H,3,5-6,17H2,1-2H3,(H,27,29). The molecule has 182 valence electrons. The molecule has 0 saturated carbocycles. The Kier molecular flexibility index (Phi) is 7.07. The van der Waals surface area contributed by atoms with Crippen molar-refractivity contribution >= 4 is 33.3 Å². The van der Waals surface area contributed by atoms with Crippen LogP contribution in [0.4, 0.5) is 11.4 Å². The van der Waals surface area contributed by atoms with Crippen molar-refractivity contribution in [2.75, 3.05) is 30.4 Å². The average molecular weight is 495 g/mol. The van der Waals surface area contributed by atoms with E-state index in [1.54, 1.807) is 24.3 Å². The van der Waals surface area contributed by atoms with Gasteiger partial charge in [0, 0.05) is 12.7 Å². The van der Waals surface area contributed by atoms with Gasteiger partial charge < -0.3 is 14.8 Å². The number of hydrogen-bond acceptors (Lipinski definition) is 6. The first-order valence-electron chi connectivity index (χ1n) is 11.1. The number of anilines is 2. The normalized spacial score (nSPS) is 12.5. The monoisotopic (exact) mass is 494 g/mol. The summed E-state index contributed by atoms with van der Waals surface area (Å²) in [6.07, 6.45) is 3.14. The van der Waals surface area contributed by atoms with Crippen LogP contribution in [0.15, 0.2) is 71.6 Å². The maximum atomic E-state index is 13.1. The van der Waals surface area contributed by atoms with E-state index < -0.39 is 28.5 Å². The van der Waals surface area contributed by atoms with E-state index in [4.69, 9.17) is 9.47 Å². The molecule has 1 aliphatic carbocycles. The van der Waals surface area contributed by atoms with Crippen LogP contribution in [0.5, 0.6) is 5.75 Å². The van der Waals surface area contributed by atoms with Gasteiger partial charge in [-0.2, -0.15) is 0 Å². The molecular weight excluding hydrogens is 468 g/mol. The molecular formula is C26H26N2O6S. The summed E-state index contributed by atoms with van der Waals surface area (Å²) in [4.78, 5) is 24.7. The fourth-order valence-electron chi connectivity index (χ4n) is 3.93. The van der Waals surface area contributed by atoms with Gasteiger partial charge in [-0.1, -0.05) is 12.1 Å². The number of carbonyl (C=O) groups is 2. The smallest absolute Gasteiger partial charge is 0.338 e. The second-order valence-electron chi connectivity index (χ2n) is 8.16. The lowest BCUT2D eigenvalue weighted by atomic mass is 10.1.